The summed E-state index contributed by atoms with van der Waals surface area (Å²) >= 11 is 2.33. The van der Waals surface area contributed by atoms with Gasteiger partial charge in [-0.05, 0) is 46.7 Å². The van der Waals surface area contributed by atoms with Gasteiger partial charge in [0.25, 0.3) is 0 Å². The molecule has 1 unspecified atom stereocenters. The van der Waals surface area contributed by atoms with Gasteiger partial charge < -0.3 is 10.5 Å². The van der Waals surface area contributed by atoms with Gasteiger partial charge in [0.05, 0.1) is 6.61 Å². The van der Waals surface area contributed by atoms with Gasteiger partial charge in [-0.3, -0.25) is 4.90 Å². The fourth-order valence-corrected chi connectivity index (χ4v) is 2.62. The van der Waals surface area contributed by atoms with E-state index in [-0.39, 0.29) is 0 Å². The minimum absolute atomic E-state index is 0.327. The maximum Gasteiger partial charge on any atom is 0.0593 e. The molecule has 1 fully saturated rings. The summed E-state index contributed by atoms with van der Waals surface area (Å²) < 4.78 is 6.76. The zero-order valence-electron chi connectivity index (χ0n) is 9.94. The number of halogens is 1. The lowest BCUT2D eigenvalue weighted by molar-refractivity contribution is 0.132. The first-order valence-corrected chi connectivity index (χ1v) is 7.16. The van der Waals surface area contributed by atoms with Crippen molar-refractivity contribution in [2.24, 2.45) is 5.73 Å². The maximum atomic E-state index is 5.94. The van der Waals surface area contributed by atoms with E-state index in [1.807, 2.05) is 0 Å². The van der Waals surface area contributed by atoms with Crippen molar-refractivity contribution in [3.63, 3.8) is 0 Å². The molecule has 94 valence electrons. The summed E-state index contributed by atoms with van der Waals surface area (Å²) in [6, 6.07) is 8.99. The summed E-state index contributed by atoms with van der Waals surface area (Å²) in [4.78, 5) is 2.44. The second kappa shape index (κ2) is 6.68. The van der Waals surface area contributed by atoms with Gasteiger partial charge in [-0.1, -0.05) is 12.1 Å². The fraction of sp³-hybridized carbons (Fsp3) is 0.538. The Balaban J connectivity index is 2.11. The Morgan fingerprint density at radius 1 is 1.24 bits per heavy atom. The molecule has 0 amide bonds. The predicted molar refractivity (Wildman–Crippen MR) is 78.0 cm³/mol. The molecule has 0 saturated carbocycles. The summed E-state index contributed by atoms with van der Waals surface area (Å²) in [5.41, 5.74) is 7.25. The van der Waals surface area contributed by atoms with Gasteiger partial charge >= 0.3 is 0 Å². The van der Waals surface area contributed by atoms with Crippen molar-refractivity contribution < 1.29 is 4.74 Å². The van der Waals surface area contributed by atoms with Crippen molar-refractivity contribution in [3.8, 4) is 0 Å². The lowest BCUT2D eigenvalue weighted by atomic mass is 10.1. The van der Waals surface area contributed by atoms with Crippen molar-refractivity contribution >= 4 is 22.6 Å². The van der Waals surface area contributed by atoms with Crippen LogP contribution in [0.1, 0.15) is 18.0 Å². The molecule has 0 bridgehead atoms. The molecule has 2 rings (SSSR count). The molecule has 1 aliphatic rings. The standard InChI is InChI=1S/C13H19IN2O/c14-12-4-2-11(3-5-12)13(10-15)16-6-1-8-17-9-7-16/h2-5,13H,1,6-10,15H2. The molecule has 17 heavy (non-hydrogen) atoms. The first kappa shape index (κ1) is 13.3. The van der Waals surface area contributed by atoms with Gasteiger partial charge in [0.1, 0.15) is 0 Å². The van der Waals surface area contributed by atoms with E-state index in [2.05, 4.69) is 51.8 Å². The summed E-state index contributed by atoms with van der Waals surface area (Å²) in [5.74, 6) is 0. The zero-order chi connectivity index (χ0) is 12.1. The maximum absolute atomic E-state index is 5.94. The van der Waals surface area contributed by atoms with Gasteiger partial charge in [-0.25, -0.2) is 0 Å². The number of nitrogens with zero attached hydrogens (tertiary/aromatic N) is 1. The first-order valence-electron chi connectivity index (χ1n) is 6.08. The summed E-state index contributed by atoms with van der Waals surface area (Å²) in [6.07, 6.45) is 1.10. The molecule has 1 aromatic rings. The molecule has 2 N–H and O–H groups in total. The molecule has 0 aliphatic carbocycles. The van der Waals surface area contributed by atoms with Crippen LogP contribution in [0.5, 0.6) is 0 Å². The molecule has 1 aromatic carbocycles. The number of rotatable bonds is 3. The number of hydrogen-bond acceptors (Lipinski definition) is 3. The molecular weight excluding hydrogens is 327 g/mol. The van der Waals surface area contributed by atoms with Gasteiger partial charge in [-0.15, -0.1) is 0 Å². The van der Waals surface area contributed by atoms with E-state index in [9.17, 15) is 0 Å². The van der Waals surface area contributed by atoms with Crippen LogP contribution in [-0.2, 0) is 4.74 Å². The SMILES string of the molecule is NCC(c1ccc(I)cc1)N1CCCOCC1. The lowest BCUT2D eigenvalue weighted by Crippen LogP contribution is -2.35. The van der Waals surface area contributed by atoms with Gasteiger partial charge in [0, 0.05) is 35.9 Å². The molecule has 1 saturated heterocycles. The largest absolute Gasteiger partial charge is 0.380 e. The quantitative estimate of drug-likeness (QED) is 0.851. The van der Waals surface area contributed by atoms with Crippen molar-refractivity contribution in [3.05, 3.63) is 33.4 Å². The van der Waals surface area contributed by atoms with Crippen molar-refractivity contribution in [1.29, 1.82) is 0 Å². The van der Waals surface area contributed by atoms with Crippen molar-refractivity contribution in [1.82, 2.24) is 4.90 Å². The van der Waals surface area contributed by atoms with E-state index in [1.165, 1.54) is 9.13 Å². The molecule has 0 aromatic heterocycles. The Kier molecular flexibility index (Phi) is 5.21. The van der Waals surface area contributed by atoms with E-state index in [0.29, 0.717) is 12.6 Å². The third kappa shape index (κ3) is 3.64. The average molecular weight is 346 g/mol. The van der Waals surface area contributed by atoms with Gasteiger partial charge in [0.2, 0.25) is 0 Å². The number of benzene rings is 1. The van der Waals surface area contributed by atoms with E-state index in [1.54, 1.807) is 0 Å². The predicted octanol–water partition coefficient (Wildman–Crippen LogP) is 2.01. The minimum Gasteiger partial charge on any atom is -0.380 e. The summed E-state index contributed by atoms with van der Waals surface area (Å²) in [7, 11) is 0. The Hall–Kier alpha value is -0.170. The highest BCUT2D eigenvalue weighted by Gasteiger charge is 2.20. The van der Waals surface area contributed by atoms with Crippen LogP contribution in [-0.4, -0.2) is 37.7 Å². The van der Waals surface area contributed by atoms with E-state index in [4.69, 9.17) is 10.5 Å². The highest BCUT2D eigenvalue weighted by molar-refractivity contribution is 14.1. The van der Waals surface area contributed by atoms with Crippen LogP contribution in [0.25, 0.3) is 0 Å². The van der Waals surface area contributed by atoms with Crippen LogP contribution in [0.3, 0.4) is 0 Å². The van der Waals surface area contributed by atoms with Gasteiger partial charge in [-0.2, -0.15) is 0 Å². The highest BCUT2D eigenvalue weighted by Crippen LogP contribution is 2.21. The van der Waals surface area contributed by atoms with Crippen LogP contribution < -0.4 is 5.73 Å². The molecule has 1 heterocycles. The average Bonchev–Trinajstić information content (AvgIpc) is 2.62. The lowest BCUT2D eigenvalue weighted by Gasteiger charge is -2.29. The topological polar surface area (TPSA) is 38.5 Å². The summed E-state index contributed by atoms with van der Waals surface area (Å²) in [6.45, 7) is 4.42. The number of ether oxygens (including phenoxy) is 1. The smallest absolute Gasteiger partial charge is 0.0593 e. The molecule has 1 atom stereocenters. The van der Waals surface area contributed by atoms with Crippen LogP contribution in [0, 0.1) is 3.57 Å². The van der Waals surface area contributed by atoms with Crippen LogP contribution in [0.4, 0.5) is 0 Å². The van der Waals surface area contributed by atoms with E-state index in [0.717, 1.165) is 32.7 Å². The van der Waals surface area contributed by atoms with Crippen LogP contribution in [0.15, 0.2) is 24.3 Å². The third-order valence-corrected chi connectivity index (χ3v) is 3.89. The second-order valence-electron chi connectivity index (χ2n) is 4.30. The fourth-order valence-electron chi connectivity index (χ4n) is 2.26. The molecule has 0 spiro atoms. The molecular formula is C13H19IN2O. The third-order valence-electron chi connectivity index (χ3n) is 3.18. The Morgan fingerprint density at radius 2 is 2.00 bits per heavy atom. The molecule has 3 nitrogen and oxygen atoms in total. The number of nitrogens with two attached hydrogens (primary N) is 1. The Labute approximate surface area is 116 Å². The molecule has 4 heteroatoms. The first-order chi connectivity index (χ1) is 8.31. The normalized spacial score (nSPS) is 19.9. The molecule has 1 aliphatic heterocycles. The Bertz CT molecular complexity index is 334. The minimum atomic E-state index is 0.327. The van der Waals surface area contributed by atoms with Crippen molar-refractivity contribution in [2.75, 3.05) is 32.8 Å². The van der Waals surface area contributed by atoms with Gasteiger partial charge in [0.15, 0.2) is 0 Å². The van der Waals surface area contributed by atoms with Crippen LogP contribution in [0.2, 0.25) is 0 Å². The Morgan fingerprint density at radius 3 is 2.71 bits per heavy atom. The van der Waals surface area contributed by atoms with Crippen molar-refractivity contribution in [2.45, 2.75) is 12.5 Å². The van der Waals surface area contributed by atoms with E-state index >= 15 is 0 Å². The summed E-state index contributed by atoms with van der Waals surface area (Å²) in [5, 5.41) is 0. The highest BCUT2D eigenvalue weighted by atomic mass is 127. The monoisotopic (exact) mass is 346 g/mol. The number of hydrogen-bond donors (Lipinski definition) is 1. The molecule has 0 radical (unpaired) electrons. The van der Waals surface area contributed by atoms with E-state index < -0.39 is 0 Å². The second-order valence-corrected chi connectivity index (χ2v) is 5.55. The van der Waals surface area contributed by atoms with Crippen LogP contribution >= 0.6 is 22.6 Å². The zero-order valence-corrected chi connectivity index (χ0v) is 12.1.